The predicted octanol–water partition coefficient (Wildman–Crippen LogP) is 7.07. The molecule has 0 radical (unpaired) electrons. The van der Waals surface area contributed by atoms with E-state index in [1.165, 1.54) is 17.4 Å². The third-order valence-electron chi connectivity index (χ3n) is 7.97. The van der Waals surface area contributed by atoms with Crippen molar-refractivity contribution in [3.63, 3.8) is 0 Å². The van der Waals surface area contributed by atoms with E-state index < -0.39 is 5.97 Å². The SMILES string of the molecule is CNCCCCc1ccc(OCCCc2sc(N3CCCc4c3nnc(Nc3nc5ccccc5s3)c4C)nc2C(=O)O)c(F)c1. The number of aryl methyl sites for hydroxylation is 2. The first kappa shape index (κ1) is 31.8. The molecule has 0 bridgehead atoms. The molecule has 0 spiro atoms. The van der Waals surface area contributed by atoms with E-state index in [0.29, 0.717) is 41.0 Å². The maximum atomic E-state index is 14.6. The fraction of sp³-hybridized carbons (Fsp3) is 0.364. The van der Waals surface area contributed by atoms with Crippen molar-refractivity contribution in [3.05, 3.63) is 75.5 Å². The molecule has 0 amide bonds. The summed E-state index contributed by atoms with van der Waals surface area (Å²) in [6.45, 7) is 3.88. The van der Waals surface area contributed by atoms with Crippen LogP contribution in [0, 0.1) is 12.7 Å². The molecule has 13 heteroatoms. The molecule has 1 aliphatic heterocycles. The maximum absolute atomic E-state index is 14.6. The molecule has 1 aliphatic rings. The van der Waals surface area contributed by atoms with E-state index in [0.717, 1.165) is 70.7 Å². The Morgan fingerprint density at radius 2 is 1.96 bits per heavy atom. The van der Waals surface area contributed by atoms with Gasteiger partial charge in [0.2, 0.25) is 0 Å². The molecular weight excluding hydrogens is 626 g/mol. The molecule has 240 valence electrons. The molecule has 6 rings (SSSR count). The van der Waals surface area contributed by atoms with Gasteiger partial charge < -0.3 is 25.4 Å². The molecule has 0 atom stereocenters. The fourth-order valence-electron chi connectivity index (χ4n) is 5.57. The number of hydrogen-bond donors (Lipinski definition) is 3. The molecule has 46 heavy (non-hydrogen) atoms. The van der Waals surface area contributed by atoms with Crippen molar-refractivity contribution < 1.29 is 19.0 Å². The van der Waals surface area contributed by atoms with Gasteiger partial charge in [0.05, 0.1) is 16.8 Å². The molecule has 3 N–H and O–H groups in total. The Morgan fingerprint density at radius 1 is 1.09 bits per heavy atom. The predicted molar refractivity (Wildman–Crippen MR) is 181 cm³/mol. The molecule has 10 nitrogen and oxygen atoms in total. The highest BCUT2D eigenvalue weighted by molar-refractivity contribution is 7.22. The quantitative estimate of drug-likeness (QED) is 0.106. The molecular formula is C33H36FN7O3S2. The van der Waals surface area contributed by atoms with E-state index in [2.05, 4.69) is 30.8 Å². The minimum absolute atomic E-state index is 0.0275. The Labute approximate surface area is 274 Å². The summed E-state index contributed by atoms with van der Waals surface area (Å²) in [5.41, 5.74) is 3.94. The van der Waals surface area contributed by atoms with Crippen LogP contribution in [-0.2, 0) is 19.3 Å². The first-order valence-electron chi connectivity index (χ1n) is 15.5. The molecule has 2 aromatic carbocycles. The monoisotopic (exact) mass is 661 g/mol. The Morgan fingerprint density at radius 3 is 2.76 bits per heavy atom. The zero-order valence-electron chi connectivity index (χ0n) is 25.8. The number of aromatic carboxylic acids is 1. The van der Waals surface area contributed by atoms with Gasteiger partial charge >= 0.3 is 5.97 Å². The van der Waals surface area contributed by atoms with Crippen LogP contribution in [0.1, 0.15) is 57.7 Å². The van der Waals surface area contributed by atoms with E-state index >= 15 is 0 Å². The molecule has 0 fully saturated rings. The van der Waals surface area contributed by atoms with Gasteiger partial charge in [-0.25, -0.2) is 19.2 Å². The number of unbranched alkanes of at least 4 members (excludes halogenated alkanes) is 1. The van der Waals surface area contributed by atoms with Gasteiger partial charge in [0.1, 0.15) is 0 Å². The van der Waals surface area contributed by atoms with Gasteiger partial charge in [-0.3, -0.25) is 0 Å². The Balaban J connectivity index is 1.11. The van der Waals surface area contributed by atoms with E-state index in [1.54, 1.807) is 17.4 Å². The van der Waals surface area contributed by atoms with Crippen LogP contribution in [-0.4, -0.2) is 58.0 Å². The lowest BCUT2D eigenvalue weighted by Crippen LogP contribution is -2.27. The number of carboxylic acids is 1. The van der Waals surface area contributed by atoms with Gasteiger partial charge in [0.25, 0.3) is 0 Å². The Hall–Kier alpha value is -4.20. The van der Waals surface area contributed by atoms with Crippen molar-refractivity contribution >= 4 is 60.8 Å². The third kappa shape index (κ3) is 7.11. The number of nitrogens with zero attached hydrogens (tertiary/aromatic N) is 5. The highest BCUT2D eigenvalue weighted by Crippen LogP contribution is 2.39. The molecule has 4 heterocycles. The fourth-order valence-corrected chi connectivity index (χ4v) is 7.55. The van der Waals surface area contributed by atoms with Crippen molar-refractivity contribution in [2.75, 3.05) is 37.0 Å². The van der Waals surface area contributed by atoms with E-state index in [1.807, 2.05) is 49.2 Å². The van der Waals surface area contributed by atoms with Crippen molar-refractivity contribution in [2.24, 2.45) is 0 Å². The maximum Gasteiger partial charge on any atom is 0.355 e. The number of hydrogen-bond acceptors (Lipinski definition) is 11. The Bertz CT molecular complexity index is 1810. The van der Waals surface area contributed by atoms with Gasteiger partial charge in [-0.1, -0.05) is 29.5 Å². The van der Waals surface area contributed by atoms with Gasteiger partial charge in [-0.2, -0.15) is 0 Å². The number of thiazole rings is 2. The highest BCUT2D eigenvalue weighted by Gasteiger charge is 2.28. The number of ether oxygens (including phenoxy) is 1. The Kier molecular flexibility index (Phi) is 10.0. The largest absolute Gasteiger partial charge is 0.491 e. The molecule has 0 saturated heterocycles. The number of rotatable bonds is 14. The number of benzene rings is 2. The number of nitrogens with one attached hydrogen (secondary N) is 2. The van der Waals surface area contributed by atoms with E-state index in [-0.39, 0.29) is 23.9 Å². The first-order chi connectivity index (χ1) is 22.4. The smallest absolute Gasteiger partial charge is 0.355 e. The van der Waals surface area contributed by atoms with Crippen LogP contribution in [0.15, 0.2) is 42.5 Å². The lowest BCUT2D eigenvalue weighted by Gasteiger charge is -2.28. The second kappa shape index (κ2) is 14.5. The zero-order valence-corrected chi connectivity index (χ0v) is 27.4. The van der Waals surface area contributed by atoms with Crippen molar-refractivity contribution in [3.8, 4) is 5.75 Å². The summed E-state index contributed by atoms with van der Waals surface area (Å²) in [5, 5.41) is 26.8. The van der Waals surface area contributed by atoms with Crippen LogP contribution in [0.5, 0.6) is 5.75 Å². The second-order valence-electron chi connectivity index (χ2n) is 11.2. The van der Waals surface area contributed by atoms with Crippen molar-refractivity contribution in [1.29, 1.82) is 0 Å². The van der Waals surface area contributed by atoms with Gasteiger partial charge in [0, 0.05) is 22.5 Å². The molecule has 3 aromatic heterocycles. The van der Waals surface area contributed by atoms with Crippen LogP contribution in [0.3, 0.4) is 0 Å². The number of carboxylic acid groups (broad SMARTS) is 1. The number of carbonyl (C=O) groups is 1. The summed E-state index contributed by atoms with van der Waals surface area (Å²) < 4.78 is 21.5. The number of aromatic nitrogens is 4. The number of anilines is 4. The minimum Gasteiger partial charge on any atom is -0.491 e. The van der Waals surface area contributed by atoms with Gasteiger partial charge in [0.15, 0.2) is 39.2 Å². The van der Waals surface area contributed by atoms with Crippen LogP contribution >= 0.6 is 22.7 Å². The van der Waals surface area contributed by atoms with Crippen LogP contribution in [0.25, 0.3) is 10.2 Å². The lowest BCUT2D eigenvalue weighted by atomic mass is 10.0. The average molecular weight is 662 g/mol. The van der Waals surface area contributed by atoms with Gasteiger partial charge in [-0.05, 0) is 95.3 Å². The van der Waals surface area contributed by atoms with Crippen LogP contribution in [0.2, 0.25) is 0 Å². The summed E-state index contributed by atoms with van der Waals surface area (Å²) in [5.74, 6) is 0.0976. The molecule has 0 saturated carbocycles. The second-order valence-corrected chi connectivity index (χ2v) is 13.3. The molecule has 0 unspecified atom stereocenters. The molecule has 5 aromatic rings. The summed E-state index contributed by atoms with van der Waals surface area (Å²) in [4.78, 5) is 23.9. The van der Waals surface area contributed by atoms with Crippen molar-refractivity contribution in [2.45, 2.75) is 51.9 Å². The molecule has 0 aliphatic carbocycles. The van der Waals surface area contributed by atoms with Crippen molar-refractivity contribution in [1.82, 2.24) is 25.5 Å². The number of para-hydroxylation sites is 1. The standard InChI is InChI=1S/C33H36FN7O3S2/c1-20-22-10-7-17-41(30(22)40-39-29(20)38-32-36-24-11-3-4-12-26(24)45-32)33-37-28(31(42)43)27(46-33)13-8-18-44-25-15-14-21(19-23(25)34)9-5-6-16-35-2/h3-4,11-12,14-15,19,35H,5-10,13,16-18H2,1-2H3,(H,42,43)(H,36,38,39). The number of halogens is 1. The summed E-state index contributed by atoms with van der Waals surface area (Å²) in [6.07, 6.45) is 5.50. The third-order valence-corrected chi connectivity index (χ3v) is 10.1. The van der Waals surface area contributed by atoms with Crippen LogP contribution in [0.4, 0.5) is 26.3 Å². The first-order valence-corrected chi connectivity index (χ1v) is 17.1. The van der Waals surface area contributed by atoms with E-state index in [4.69, 9.17) is 4.74 Å². The highest BCUT2D eigenvalue weighted by atomic mass is 32.1. The lowest BCUT2D eigenvalue weighted by molar-refractivity contribution is 0.0690. The van der Waals surface area contributed by atoms with Crippen LogP contribution < -0.4 is 20.3 Å². The zero-order chi connectivity index (χ0) is 32.0. The van der Waals surface area contributed by atoms with E-state index in [9.17, 15) is 14.3 Å². The normalized spacial score (nSPS) is 12.8. The average Bonchev–Trinajstić information content (AvgIpc) is 3.67. The summed E-state index contributed by atoms with van der Waals surface area (Å²) in [7, 11) is 1.92. The summed E-state index contributed by atoms with van der Waals surface area (Å²) in [6, 6.07) is 13.1. The minimum atomic E-state index is -1.08. The number of fused-ring (bicyclic) bond motifs is 2. The summed E-state index contributed by atoms with van der Waals surface area (Å²) >= 11 is 2.90. The topological polar surface area (TPSA) is 125 Å². The van der Waals surface area contributed by atoms with Gasteiger partial charge in [-0.15, -0.1) is 21.5 Å².